The lowest BCUT2D eigenvalue weighted by molar-refractivity contribution is -0.0843. The molecule has 1 atom stereocenters. The molecule has 0 saturated heterocycles. The van der Waals surface area contributed by atoms with Crippen LogP contribution >= 0.6 is 0 Å². The van der Waals surface area contributed by atoms with E-state index in [1.807, 2.05) is 0 Å². The summed E-state index contributed by atoms with van der Waals surface area (Å²) < 4.78 is 69.9. The molecule has 1 unspecified atom stereocenters. The first-order chi connectivity index (χ1) is 10.9. The smallest absolute Gasteiger partial charge is 0.204 e. The van der Waals surface area contributed by atoms with Gasteiger partial charge in [0.15, 0.2) is 17.5 Å². The highest BCUT2D eigenvalue weighted by Crippen LogP contribution is 2.53. The molecule has 128 valence electrons. The molecule has 2 aliphatic rings. The van der Waals surface area contributed by atoms with Crippen LogP contribution in [0.3, 0.4) is 0 Å². The monoisotopic (exact) mass is 332 g/mol. The SMILES string of the molecule is CCCC1CCC(C2Cc3cc(F)c(F)c(F)c3C2(F)F)CC1. The molecule has 0 amide bonds. The highest BCUT2D eigenvalue weighted by molar-refractivity contribution is 5.39. The van der Waals surface area contributed by atoms with Crippen LogP contribution in [0.25, 0.3) is 0 Å². The van der Waals surface area contributed by atoms with E-state index in [1.165, 1.54) is 0 Å². The van der Waals surface area contributed by atoms with Gasteiger partial charge in [-0.1, -0.05) is 32.6 Å². The van der Waals surface area contributed by atoms with Gasteiger partial charge in [-0.05, 0) is 42.7 Å². The molecule has 0 aromatic heterocycles. The number of fused-ring (bicyclic) bond motifs is 1. The second kappa shape index (κ2) is 6.06. The Kier molecular flexibility index (Phi) is 4.41. The van der Waals surface area contributed by atoms with Gasteiger partial charge in [0.25, 0.3) is 5.92 Å². The second-order valence-electron chi connectivity index (χ2n) is 7.02. The molecule has 0 spiro atoms. The molecule has 1 aromatic carbocycles. The predicted molar refractivity (Wildman–Crippen MR) is 77.8 cm³/mol. The Balaban J connectivity index is 1.83. The minimum Gasteiger partial charge on any atom is -0.204 e. The van der Waals surface area contributed by atoms with Gasteiger partial charge in [-0.2, -0.15) is 0 Å². The minimum absolute atomic E-state index is 0.0699. The van der Waals surface area contributed by atoms with Crippen LogP contribution < -0.4 is 0 Å². The van der Waals surface area contributed by atoms with Crippen LogP contribution in [-0.4, -0.2) is 0 Å². The summed E-state index contributed by atoms with van der Waals surface area (Å²) in [6.07, 6.45) is 5.32. The molecule has 0 radical (unpaired) electrons. The Morgan fingerprint density at radius 2 is 1.70 bits per heavy atom. The summed E-state index contributed by atoms with van der Waals surface area (Å²) in [5.41, 5.74) is -0.996. The molecular weight excluding hydrogens is 311 g/mol. The second-order valence-corrected chi connectivity index (χ2v) is 7.02. The van der Waals surface area contributed by atoms with Crippen molar-refractivity contribution >= 4 is 0 Å². The zero-order valence-corrected chi connectivity index (χ0v) is 13.1. The van der Waals surface area contributed by atoms with E-state index in [2.05, 4.69) is 6.92 Å². The molecule has 1 fully saturated rings. The van der Waals surface area contributed by atoms with Gasteiger partial charge < -0.3 is 0 Å². The minimum atomic E-state index is -3.42. The van der Waals surface area contributed by atoms with Crippen molar-refractivity contribution < 1.29 is 22.0 Å². The summed E-state index contributed by atoms with van der Waals surface area (Å²) in [7, 11) is 0. The molecule has 2 aliphatic carbocycles. The van der Waals surface area contributed by atoms with Crippen LogP contribution in [0.4, 0.5) is 22.0 Å². The van der Waals surface area contributed by atoms with Gasteiger partial charge in [0.2, 0.25) is 0 Å². The summed E-state index contributed by atoms with van der Waals surface area (Å²) in [6.45, 7) is 2.11. The summed E-state index contributed by atoms with van der Waals surface area (Å²) >= 11 is 0. The van der Waals surface area contributed by atoms with Crippen LogP contribution in [0, 0.1) is 35.2 Å². The maximum atomic E-state index is 14.7. The lowest BCUT2D eigenvalue weighted by Crippen LogP contribution is -2.31. The van der Waals surface area contributed by atoms with Crippen LogP contribution in [0.2, 0.25) is 0 Å². The molecule has 0 N–H and O–H groups in total. The number of hydrogen-bond acceptors (Lipinski definition) is 0. The van der Waals surface area contributed by atoms with E-state index < -0.39 is 34.9 Å². The third-order valence-electron chi connectivity index (χ3n) is 5.64. The average Bonchev–Trinajstić information content (AvgIpc) is 2.77. The first-order valence-electron chi connectivity index (χ1n) is 8.40. The highest BCUT2D eigenvalue weighted by Gasteiger charge is 2.54. The molecule has 1 aromatic rings. The van der Waals surface area contributed by atoms with Crippen molar-refractivity contribution in [3.8, 4) is 0 Å². The summed E-state index contributed by atoms with van der Waals surface area (Å²) in [5.74, 6) is -8.99. The Bertz CT molecular complexity index is 588. The zero-order chi connectivity index (χ0) is 16.8. The fraction of sp³-hybridized carbons (Fsp3) is 0.667. The van der Waals surface area contributed by atoms with E-state index in [-0.39, 0.29) is 17.9 Å². The van der Waals surface area contributed by atoms with Crippen molar-refractivity contribution in [1.82, 2.24) is 0 Å². The van der Waals surface area contributed by atoms with Crippen molar-refractivity contribution in [2.24, 2.45) is 17.8 Å². The summed E-state index contributed by atoms with van der Waals surface area (Å²) in [6, 6.07) is 0.740. The van der Waals surface area contributed by atoms with Crippen molar-refractivity contribution in [2.45, 2.75) is 57.8 Å². The first kappa shape index (κ1) is 16.7. The fourth-order valence-corrected chi connectivity index (χ4v) is 4.47. The third-order valence-corrected chi connectivity index (χ3v) is 5.64. The van der Waals surface area contributed by atoms with Crippen LogP contribution in [0.15, 0.2) is 6.07 Å². The van der Waals surface area contributed by atoms with E-state index in [1.54, 1.807) is 0 Å². The maximum absolute atomic E-state index is 14.7. The Morgan fingerprint density at radius 1 is 1.04 bits per heavy atom. The molecule has 1 saturated carbocycles. The van der Waals surface area contributed by atoms with Crippen molar-refractivity contribution in [3.63, 3.8) is 0 Å². The fourth-order valence-electron chi connectivity index (χ4n) is 4.47. The van der Waals surface area contributed by atoms with Gasteiger partial charge in [0, 0.05) is 5.92 Å². The normalized spacial score (nSPS) is 29.6. The number of halogens is 5. The van der Waals surface area contributed by atoms with Gasteiger partial charge in [0.05, 0.1) is 5.56 Å². The van der Waals surface area contributed by atoms with E-state index in [0.29, 0.717) is 18.8 Å². The van der Waals surface area contributed by atoms with Gasteiger partial charge >= 0.3 is 0 Å². The summed E-state index contributed by atoms with van der Waals surface area (Å²) in [4.78, 5) is 0. The average molecular weight is 332 g/mol. The largest absolute Gasteiger partial charge is 0.279 e. The molecule has 0 bridgehead atoms. The van der Waals surface area contributed by atoms with E-state index in [0.717, 1.165) is 31.7 Å². The predicted octanol–water partition coefficient (Wildman–Crippen LogP) is 5.97. The molecular formula is C18H21F5. The van der Waals surface area contributed by atoms with Crippen LogP contribution in [0.1, 0.15) is 56.6 Å². The standard InChI is InChI=1S/C18H21F5/c1-2-3-10-4-6-11(7-5-10)13-8-12-9-14(19)16(20)17(21)15(12)18(13,22)23/h9-11,13H,2-8H2,1H3. The van der Waals surface area contributed by atoms with E-state index in [9.17, 15) is 22.0 Å². The number of hydrogen-bond donors (Lipinski definition) is 0. The third kappa shape index (κ3) is 2.76. The summed E-state index contributed by atoms with van der Waals surface area (Å²) in [5, 5.41) is 0. The zero-order valence-electron chi connectivity index (χ0n) is 13.1. The highest BCUT2D eigenvalue weighted by atomic mass is 19.3. The first-order valence-corrected chi connectivity index (χ1v) is 8.40. The molecule has 5 heteroatoms. The molecule has 23 heavy (non-hydrogen) atoms. The van der Waals surface area contributed by atoms with Crippen molar-refractivity contribution in [2.75, 3.05) is 0 Å². The van der Waals surface area contributed by atoms with Crippen molar-refractivity contribution in [1.29, 1.82) is 0 Å². The van der Waals surface area contributed by atoms with E-state index in [4.69, 9.17) is 0 Å². The lowest BCUT2D eigenvalue weighted by Gasteiger charge is -2.34. The topological polar surface area (TPSA) is 0 Å². The Labute approximate surface area is 133 Å². The molecule has 3 rings (SSSR count). The van der Waals surface area contributed by atoms with Gasteiger partial charge in [-0.3, -0.25) is 0 Å². The quantitative estimate of drug-likeness (QED) is 0.472. The maximum Gasteiger partial charge on any atom is 0.279 e. The van der Waals surface area contributed by atoms with Gasteiger partial charge in [0.1, 0.15) is 0 Å². The van der Waals surface area contributed by atoms with Gasteiger partial charge in [-0.15, -0.1) is 0 Å². The molecule has 0 heterocycles. The molecule has 0 nitrogen and oxygen atoms in total. The van der Waals surface area contributed by atoms with Crippen LogP contribution in [0.5, 0.6) is 0 Å². The number of benzene rings is 1. The molecule has 0 aliphatic heterocycles. The van der Waals surface area contributed by atoms with Crippen LogP contribution in [-0.2, 0) is 12.3 Å². The van der Waals surface area contributed by atoms with Crippen molar-refractivity contribution in [3.05, 3.63) is 34.6 Å². The Morgan fingerprint density at radius 3 is 2.30 bits per heavy atom. The van der Waals surface area contributed by atoms with Gasteiger partial charge in [-0.25, -0.2) is 22.0 Å². The van der Waals surface area contributed by atoms with E-state index >= 15 is 0 Å². The Hall–Kier alpha value is -1.13. The number of rotatable bonds is 3. The number of alkyl halides is 2. The lowest BCUT2D eigenvalue weighted by atomic mass is 9.73.